The molecule has 0 aliphatic heterocycles. The van der Waals surface area contributed by atoms with Gasteiger partial charge in [-0.25, -0.2) is 0 Å². The Kier molecular flexibility index (Phi) is 5.23. The fraction of sp³-hybridized carbons (Fsp3) is 0.0625. The van der Waals surface area contributed by atoms with E-state index in [1.54, 1.807) is 11.0 Å². The first-order chi connectivity index (χ1) is 9.90. The molecule has 0 unspecified atom stereocenters. The molecule has 0 spiro atoms. The Morgan fingerprint density at radius 1 is 1.00 bits per heavy atom. The van der Waals surface area contributed by atoms with Crippen LogP contribution in [0.3, 0.4) is 0 Å². The molecule has 2 aromatic carbocycles. The quantitative estimate of drug-likeness (QED) is 0.454. The second-order valence-corrected chi connectivity index (χ2v) is 4.46. The lowest BCUT2D eigenvalue weighted by Crippen LogP contribution is -3.00. The average Bonchev–Trinajstić information content (AvgIpc) is 2.95. The molecule has 0 N–H and O–H groups in total. The van der Waals surface area contributed by atoms with Gasteiger partial charge in [0.1, 0.15) is 6.54 Å². The minimum Gasteiger partial charge on any atom is -1.00 e. The Bertz CT molecular complexity index is 693. The van der Waals surface area contributed by atoms with Crippen LogP contribution in [0.1, 0.15) is 11.1 Å². The summed E-state index contributed by atoms with van der Waals surface area (Å²) in [6, 6.07) is 20.2. The lowest BCUT2D eigenvalue weighted by molar-refractivity contribution is -0.679. The van der Waals surface area contributed by atoms with Gasteiger partial charge in [0.05, 0.1) is 6.21 Å². The summed E-state index contributed by atoms with van der Waals surface area (Å²) in [6.45, 7) is 0.745. The van der Waals surface area contributed by atoms with Crippen molar-refractivity contribution in [2.24, 2.45) is 5.10 Å². The van der Waals surface area contributed by atoms with Gasteiger partial charge in [-0.05, 0) is 11.1 Å². The molecule has 5 heteroatoms. The van der Waals surface area contributed by atoms with Crippen LogP contribution in [-0.2, 0) is 6.54 Å². The van der Waals surface area contributed by atoms with Crippen molar-refractivity contribution in [2.45, 2.75) is 6.54 Å². The van der Waals surface area contributed by atoms with Crippen LogP contribution in [0.25, 0.3) is 0 Å². The van der Waals surface area contributed by atoms with Crippen molar-refractivity contribution in [3.05, 3.63) is 84.4 Å². The molecular formula is C16H15ClN4. The molecule has 1 heterocycles. The molecule has 4 nitrogen and oxygen atoms in total. The molecule has 0 aliphatic rings. The Morgan fingerprint density at radius 2 is 1.67 bits per heavy atom. The number of nitrogens with zero attached hydrogens (tertiary/aromatic N) is 4. The second kappa shape index (κ2) is 7.36. The van der Waals surface area contributed by atoms with E-state index in [1.807, 2.05) is 65.8 Å². The van der Waals surface area contributed by atoms with E-state index >= 15 is 0 Å². The monoisotopic (exact) mass is 298 g/mol. The normalized spacial score (nSPS) is 10.5. The van der Waals surface area contributed by atoms with Gasteiger partial charge < -0.3 is 12.4 Å². The summed E-state index contributed by atoms with van der Waals surface area (Å²) in [7, 11) is 0. The first-order valence-corrected chi connectivity index (χ1v) is 6.47. The lowest BCUT2D eigenvalue weighted by Gasteiger charge is -1.93. The first-order valence-electron chi connectivity index (χ1n) is 6.47. The number of hydrogen-bond donors (Lipinski definition) is 0. The molecule has 0 amide bonds. The number of hydrogen-bond acceptors (Lipinski definition) is 2. The van der Waals surface area contributed by atoms with E-state index in [0.29, 0.717) is 0 Å². The fourth-order valence-electron chi connectivity index (χ4n) is 1.90. The van der Waals surface area contributed by atoms with Gasteiger partial charge in [-0.3, -0.25) is 0 Å². The van der Waals surface area contributed by atoms with E-state index in [9.17, 15) is 0 Å². The highest BCUT2D eigenvalue weighted by Gasteiger charge is 2.05. The molecular weight excluding hydrogens is 284 g/mol. The summed E-state index contributed by atoms with van der Waals surface area (Å²) in [6.07, 6.45) is 5.38. The third-order valence-corrected chi connectivity index (χ3v) is 2.90. The van der Waals surface area contributed by atoms with Gasteiger partial charge in [0, 0.05) is 5.10 Å². The van der Waals surface area contributed by atoms with Gasteiger partial charge in [-0.2, -0.15) is 0 Å². The molecule has 0 bridgehead atoms. The van der Waals surface area contributed by atoms with Crippen LogP contribution in [0.4, 0.5) is 0 Å². The van der Waals surface area contributed by atoms with Crippen molar-refractivity contribution in [3.63, 3.8) is 0 Å². The molecule has 0 aliphatic carbocycles. The Balaban J connectivity index is 0.00000161. The molecule has 3 aromatic rings. The zero-order valence-corrected chi connectivity index (χ0v) is 12.1. The Labute approximate surface area is 129 Å². The standard InChI is InChI=1S/C16H15N4.ClH/c1-3-7-15(8-4-1)11-17-20-13-18-19(14-20)12-16-9-5-2-6-10-16;/h1-11,13-14H,12H2;1H/q+1;/p-1. The van der Waals surface area contributed by atoms with E-state index < -0.39 is 0 Å². The summed E-state index contributed by atoms with van der Waals surface area (Å²) in [5.41, 5.74) is 2.28. The lowest BCUT2D eigenvalue weighted by atomic mass is 10.2. The number of aromatic nitrogens is 3. The molecule has 0 radical (unpaired) electrons. The topological polar surface area (TPSA) is 34.1 Å². The summed E-state index contributed by atoms with van der Waals surface area (Å²) in [5, 5.41) is 8.64. The molecule has 21 heavy (non-hydrogen) atoms. The van der Waals surface area contributed by atoms with Gasteiger partial charge in [0.2, 0.25) is 6.33 Å². The zero-order valence-electron chi connectivity index (χ0n) is 11.4. The predicted octanol–water partition coefficient (Wildman–Crippen LogP) is -0.895. The van der Waals surface area contributed by atoms with Crippen molar-refractivity contribution in [3.8, 4) is 0 Å². The molecule has 0 saturated carbocycles. The van der Waals surface area contributed by atoms with Gasteiger partial charge in [-0.15, -0.1) is 14.5 Å². The largest absolute Gasteiger partial charge is 1.00 e. The Morgan fingerprint density at radius 3 is 2.38 bits per heavy atom. The minimum absolute atomic E-state index is 0. The van der Waals surface area contributed by atoms with Crippen LogP contribution >= 0.6 is 0 Å². The highest BCUT2D eigenvalue weighted by atomic mass is 35.5. The zero-order chi connectivity index (χ0) is 13.6. The average molecular weight is 299 g/mol. The smallest absolute Gasteiger partial charge is 0.289 e. The number of halogens is 1. The number of rotatable bonds is 4. The van der Waals surface area contributed by atoms with Gasteiger partial charge in [-0.1, -0.05) is 60.7 Å². The summed E-state index contributed by atoms with van der Waals surface area (Å²) in [4.78, 5) is 0. The summed E-state index contributed by atoms with van der Waals surface area (Å²) in [5.74, 6) is 0. The third-order valence-electron chi connectivity index (χ3n) is 2.90. The van der Waals surface area contributed by atoms with E-state index in [-0.39, 0.29) is 12.4 Å². The van der Waals surface area contributed by atoms with E-state index in [2.05, 4.69) is 22.3 Å². The number of benzene rings is 2. The van der Waals surface area contributed by atoms with Crippen LogP contribution in [-0.4, -0.2) is 16.0 Å². The maximum Gasteiger partial charge on any atom is 0.289 e. The Hall–Kier alpha value is -2.46. The van der Waals surface area contributed by atoms with Crippen molar-refractivity contribution < 1.29 is 17.1 Å². The molecule has 0 atom stereocenters. The van der Waals surface area contributed by atoms with Gasteiger partial charge >= 0.3 is 0 Å². The van der Waals surface area contributed by atoms with Crippen molar-refractivity contribution in [1.29, 1.82) is 0 Å². The highest BCUT2D eigenvalue weighted by molar-refractivity contribution is 5.78. The van der Waals surface area contributed by atoms with Crippen LogP contribution < -0.4 is 17.1 Å². The second-order valence-electron chi connectivity index (χ2n) is 4.46. The SMILES string of the molecule is C(=N[n+]1cnn(Cc2ccccc2)c1)c1ccccc1.[Cl-]. The molecule has 3 rings (SSSR count). The minimum atomic E-state index is 0. The van der Waals surface area contributed by atoms with Crippen LogP contribution in [0.5, 0.6) is 0 Å². The van der Waals surface area contributed by atoms with Crippen molar-refractivity contribution in [1.82, 2.24) is 9.78 Å². The van der Waals surface area contributed by atoms with E-state index in [1.165, 1.54) is 5.56 Å². The first kappa shape index (κ1) is 14.9. The summed E-state index contributed by atoms with van der Waals surface area (Å²) >= 11 is 0. The molecule has 106 valence electrons. The third kappa shape index (κ3) is 4.26. The van der Waals surface area contributed by atoms with E-state index in [4.69, 9.17) is 0 Å². The van der Waals surface area contributed by atoms with Gasteiger partial charge in [0.15, 0.2) is 0 Å². The molecule has 1 aromatic heterocycles. The van der Waals surface area contributed by atoms with Crippen LogP contribution in [0, 0.1) is 0 Å². The predicted molar refractivity (Wildman–Crippen MR) is 77.4 cm³/mol. The summed E-state index contributed by atoms with van der Waals surface area (Å²) < 4.78 is 3.56. The van der Waals surface area contributed by atoms with Crippen molar-refractivity contribution in [2.75, 3.05) is 0 Å². The van der Waals surface area contributed by atoms with Crippen LogP contribution in [0.15, 0.2) is 78.4 Å². The fourth-order valence-corrected chi connectivity index (χ4v) is 1.90. The highest BCUT2D eigenvalue weighted by Crippen LogP contribution is 1.99. The van der Waals surface area contributed by atoms with Crippen LogP contribution in [0.2, 0.25) is 0 Å². The molecule has 0 fully saturated rings. The van der Waals surface area contributed by atoms with Crippen molar-refractivity contribution >= 4 is 6.21 Å². The van der Waals surface area contributed by atoms with Gasteiger partial charge in [0.25, 0.3) is 6.33 Å². The van der Waals surface area contributed by atoms with E-state index in [0.717, 1.165) is 12.1 Å². The maximum atomic E-state index is 4.35. The maximum absolute atomic E-state index is 4.35. The molecule has 0 saturated heterocycles.